The minimum Gasteiger partial charge on any atom is -0.377 e. The van der Waals surface area contributed by atoms with Gasteiger partial charge in [0.05, 0.1) is 18.8 Å². The second-order valence-electron chi connectivity index (χ2n) is 7.25. The van der Waals surface area contributed by atoms with Gasteiger partial charge < -0.3 is 4.74 Å². The van der Waals surface area contributed by atoms with Gasteiger partial charge in [0.25, 0.3) is 0 Å². The smallest absolute Gasteiger partial charge is 0.120 e. The molecule has 3 heteroatoms. The molecule has 2 saturated heterocycles. The highest BCUT2D eigenvalue weighted by Crippen LogP contribution is 2.53. The van der Waals surface area contributed by atoms with Crippen LogP contribution in [-0.2, 0) is 4.74 Å². The second-order valence-corrected chi connectivity index (χ2v) is 7.25. The van der Waals surface area contributed by atoms with Gasteiger partial charge in [-0.1, -0.05) is 20.8 Å². The van der Waals surface area contributed by atoms with Crippen molar-refractivity contribution in [1.29, 1.82) is 0 Å². The third-order valence-corrected chi connectivity index (χ3v) is 4.89. The molecule has 2 fully saturated rings. The van der Waals surface area contributed by atoms with Crippen LogP contribution in [0.1, 0.15) is 53.9 Å². The van der Waals surface area contributed by atoms with Crippen LogP contribution in [0, 0.1) is 5.41 Å². The molecule has 3 unspecified atom stereocenters. The maximum Gasteiger partial charge on any atom is 0.120 e. The summed E-state index contributed by atoms with van der Waals surface area (Å²) in [5.74, 6) is 0. The standard InChI is InChI=1S/C15H28FNO/c1-11(2)18-10-13-12(16)9-15(14(3,4)5)7-6-8-17(13)15/h11-13H,6-10H2,1-5H3. The first kappa shape index (κ1) is 14.3. The molecule has 0 aliphatic carbocycles. The van der Waals surface area contributed by atoms with Crippen LogP contribution in [0.2, 0.25) is 0 Å². The Morgan fingerprint density at radius 2 is 2.06 bits per heavy atom. The molecule has 18 heavy (non-hydrogen) atoms. The van der Waals surface area contributed by atoms with Gasteiger partial charge in [0.15, 0.2) is 0 Å². The van der Waals surface area contributed by atoms with Gasteiger partial charge in [0.2, 0.25) is 0 Å². The van der Waals surface area contributed by atoms with Crippen LogP contribution in [0.4, 0.5) is 4.39 Å². The molecule has 0 saturated carbocycles. The van der Waals surface area contributed by atoms with Crippen LogP contribution >= 0.6 is 0 Å². The van der Waals surface area contributed by atoms with Gasteiger partial charge >= 0.3 is 0 Å². The molecule has 2 aliphatic heterocycles. The minimum atomic E-state index is -0.733. The molecular formula is C15H28FNO. The predicted molar refractivity (Wildman–Crippen MR) is 72.5 cm³/mol. The highest BCUT2D eigenvalue weighted by Gasteiger charge is 2.59. The van der Waals surface area contributed by atoms with Gasteiger partial charge in [0.1, 0.15) is 6.17 Å². The van der Waals surface area contributed by atoms with Crippen molar-refractivity contribution < 1.29 is 9.13 Å². The fourth-order valence-electron chi connectivity index (χ4n) is 3.85. The first-order valence-corrected chi connectivity index (χ1v) is 7.30. The molecule has 2 aliphatic rings. The number of ether oxygens (including phenoxy) is 1. The van der Waals surface area contributed by atoms with Gasteiger partial charge in [0, 0.05) is 5.54 Å². The molecule has 106 valence electrons. The first-order chi connectivity index (χ1) is 8.28. The topological polar surface area (TPSA) is 12.5 Å². The van der Waals surface area contributed by atoms with Gasteiger partial charge in [-0.3, -0.25) is 4.90 Å². The third kappa shape index (κ3) is 2.20. The monoisotopic (exact) mass is 257 g/mol. The van der Waals surface area contributed by atoms with Crippen molar-refractivity contribution >= 4 is 0 Å². The molecule has 0 spiro atoms. The molecule has 2 heterocycles. The molecule has 0 amide bonds. The number of fused-ring (bicyclic) bond motifs is 1. The van der Waals surface area contributed by atoms with Crippen molar-refractivity contribution in [3.05, 3.63) is 0 Å². The Balaban J connectivity index is 2.16. The van der Waals surface area contributed by atoms with Crippen molar-refractivity contribution in [3.8, 4) is 0 Å². The Morgan fingerprint density at radius 3 is 2.61 bits per heavy atom. The summed E-state index contributed by atoms with van der Waals surface area (Å²) >= 11 is 0. The van der Waals surface area contributed by atoms with E-state index in [1.807, 2.05) is 13.8 Å². The van der Waals surface area contributed by atoms with E-state index < -0.39 is 6.17 Å². The summed E-state index contributed by atoms with van der Waals surface area (Å²) in [6, 6.07) is -0.0332. The fourth-order valence-corrected chi connectivity index (χ4v) is 3.85. The van der Waals surface area contributed by atoms with Crippen LogP contribution in [0.25, 0.3) is 0 Å². The average Bonchev–Trinajstić information content (AvgIpc) is 2.71. The maximum absolute atomic E-state index is 14.4. The molecule has 0 aromatic carbocycles. The third-order valence-electron chi connectivity index (χ3n) is 4.89. The lowest BCUT2D eigenvalue weighted by atomic mass is 9.71. The first-order valence-electron chi connectivity index (χ1n) is 7.30. The predicted octanol–water partition coefficient (Wildman–Crippen LogP) is 3.40. The van der Waals surface area contributed by atoms with E-state index in [1.165, 1.54) is 6.42 Å². The summed E-state index contributed by atoms with van der Waals surface area (Å²) in [6.45, 7) is 12.4. The summed E-state index contributed by atoms with van der Waals surface area (Å²) < 4.78 is 20.1. The van der Waals surface area contributed by atoms with Gasteiger partial charge in [-0.05, 0) is 45.1 Å². The Labute approximate surface area is 111 Å². The highest BCUT2D eigenvalue weighted by molar-refractivity contribution is 5.13. The second kappa shape index (κ2) is 4.75. The SMILES string of the molecule is CC(C)OCC1C(F)CC2(C(C)(C)C)CCCN12. The largest absolute Gasteiger partial charge is 0.377 e. The summed E-state index contributed by atoms with van der Waals surface area (Å²) in [5.41, 5.74) is 0.192. The summed E-state index contributed by atoms with van der Waals surface area (Å²) in [5, 5.41) is 0. The number of alkyl halides is 1. The molecule has 0 aromatic rings. The van der Waals surface area contributed by atoms with E-state index >= 15 is 0 Å². The van der Waals surface area contributed by atoms with E-state index in [-0.39, 0.29) is 23.1 Å². The average molecular weight is 257 g/mol. The van der Waals surface area contributed by atoms with Crippen molar-refractivity contribution in [2.24, 2.45) is 5.41 Å². The van der Waals surface area contributed by atoms with Crippen LogP contribution in [0.5, 0.6) is 0 Å². The van der Waals surface area contributed by atoms with Gasteiger partial charge in [-0.15, -0.1) is 0 Å². The molecule has 0 bridgehead atoms. The maximum atomic E-state index is 14.4. The van der Waals surface area contributed by atoms with Crippen LogP contribution in [-0.4, -0.2) is 41.9 Å². The number of hydrogen-bond acceptors (Lipinski definition) is 2. The van der Waals surface area contributed by atoms with Crippen molar-refractivity contribution in [1.82, 2.24) is 4.90 Å². The molecular weight excluding hydrogens is 229 g/mol. The van der Waals surface area contributed by atoms with Crippen molar-refractivity contribution in [3.63, 3.8) is 0 Å². The Bertz CT molecular complexity index is 299. The molecule has 0 aromatic heterocycles. The number of halogens is 1. The zero-order valence-electron chi connectivity index (χ0n) is 12.5. The Kier molecular flexibility index (Phi) is 3.76. The van der Waals surface area contributed by atoms with Crippen LogP contribution in [0.3, 0.4) is 0 Å². The molecule has 0 N–H and O–H groups in total. The molecule has 3 atom stereocenters. The van der Waals surface area contributed by atoms with E-state index in [9.17, 15) is 4.39 Å². The van der Waals surface area contributed by atoms with Gasteiger partial charge in [-0.25, -0.2) is 4.39 Å². The molecule has 0 radical (unpaired) electrons. The zero-order valence-corrected chi connectivity index (χ0v) is 12.5. The van der Waals surface area contributed by atoms with E-state index in [0.717, 1.165) is 13.0 Å². The number of rotatable bonds is 3. The Morgan fingerprint density at radius 1 is 1.39 bits per heavy atom. The summed E-state index contributed by atoms with van der Waals surface area (Å²) in [7, 11) is 0. The summed E-state index contributed by atoms with van der Waals surface area (Å²) in [6.07, 6.45) is 2.47. The van der Waals surface area contributed by atoms with Crippen LogP contribution < -0.4 is 0 Å². The van der Waals surface area contributed by atoms with E-state index in [0.29, 0.717) is 13.0 Å². The van der Waals surface area contributed by atoms with E-state index in [4.69, 9.17) is 4.74 Å². The molecule has 2 rings (SSSR count). The highest BCUT2D eigenvalue weighted by atomic mass is 19.1. The van der Waals surface area contributed by atoms with Crippen LogP contribution in [0.15, 0.2) is 0 Å². The Hall–Kier alpha value is -0.150. The lowest BCUT2D eigenvalue weighted by Gasteiger charge is -2.45. The fraction of sp³-hybridized carbons (Fsp3) is 1.00. The molecule has 2 nitrogen and oxygen atoms in total. The minimum absolute atomic E-state index is 0.0332. The number of hydrogen-bond donors (Lipinski definition) is 0. The van der Waals surface area contributed by atoms with E-state index in [2.05, 4.69) is 25.7 Å². The lowest BCUT2D eigenvalue weighted by molar-refractivity contribution is -0.0108. The van der Waals surface area contributed by atoms with Crippen molar-refractivity contribution in [2.75, 3.05) is 13.2 Å². The lowest BCUT2D eigenvalue weighted by Crippen LogP contribution is -2.52. The van der Waals surface area contributed by atoms with E-state index in [1.54, 1.807) is 0 Å². The zero-order chi connectivity index (χ0) is 13.6. The normalized spacial score (nSPS) is 37.5. The summed E-state index contributed by atoms with van der Waals surface area (Å²) in [4.78, 5) is 2.42. The number of nitrogens with zero attached hydrogens (tertiary/aromatic N) is 1. The van der Waals surface area contributed by atoms with Gasteiger partial charge in [-0.2, -0.15) is 0 Å². The quantitative estimate of drug-likeness (QED) is 0.768. The van der Waals surface area contributed by atoms with Crippen molar-refractivity contribution in [2.45, 2.75) is 77.7 Å².